The van der Waals surface area contributed by atoms with Crippen LogP contribution in [0.5, 0.6) is 0 Å². The lowest BCUT2D eigenvalue weighted by atomic mass is 10.2. The monoisotopic (exact) mass is 210 g/mol. The molecule has 0 aliphatic rings. The highest BCUT2D eigenvalue weighted by molar-refractivity contribution is 5.74. The van der Waals surface area contributed by atoms with Crippen molar-refractivity contribution in [3.05, 3.63) is 30.1 Å². The third kappa shape index (κ3) is 3.58. The number of carbonyl (C=O) groups excluding carboxylic acids is 1. The number of nitrogens with two attached hydrogens (primary N) is 1. The lowest BCUT2D eigenvalue weighted by Crippen LogP contribution is -2.27. The second kappa shape index (κ2) is 5.34. The van der Waals surface area contributed by atoms with E-state index in [2.05, 4.69) is 0 Å². The van der Waals surface area contributed by atoms with Gasteiger partial charge in [-0.2, -0.15) is 0 Å². The maximum Gasteiger partial charge on any atom is 0.219 e. The molecule has 0 atom stereocenters. The Labute approximate surface area is 88.7 Å². The van der Waals surface area contributed by atoms with Crippen LogP contribution in [0, 0.1) is 5.82 Å². The number of amides is 1. The minimum absolute atomic E-state index is 0.260. The number of carbonyl (C=O) groups is 1. The van der Waals surface area contributed by atoms with Crippen LogP contribution in [-0.2, 0) is 4.79 Å². The van der Waals surface area contributed by atoms with Crippen molar-refractivity contribution in [2.75, 3.05) is 18.0 Å². The van der Waals surface area contributed by atoms with Gasteiger partial charge in [0.2, 0.25) is 5.91 Å². The first-order valence-corrected chi connectivity index (χ1v) is 4.92. The van der Waals surface area contributed by atoms with Crippen molar-refractivity contribution >= 4 is 11.6 Å². The predicted octanol–water partition coefficient (Wildman–Crippen LogP) is 1.53. The van der Waals surface area contributed by atoms with Crippen LogP contribution < -0.4 is 10.6 Å². The quantitative estimate of drug-likeness (QED) is 0.801. The summed E-state index contributed by atoms with van der Waals surface area (Å²) < 4.78 is 12.7. The summed E-state index contributed by atoms with van der Waals surface area (Å²) in [7, 11) is 0. The van der Waals surface area contributed by atoms with Crippen molar-refractivity contribution in [1.82, 2.24) is 0 Å². The first kappa shape index (κ1) is 11.5. The lowest BCUT2D eigenvalue weighted by Gasteiger charge is -2.22. The number of rotatable bonds is 5. The number of primary amides is 1. The highest BCUT2D eigenvalue weighted by Gasteiger charge is 2.05. The van der Waals surface area contributed by atoms with Crippen LogP contribution >= 0.6 is 0 Å². The molecule has 0 unspecified atom stereocenters. The van der Waals surface area contributed by atoms with E-state index in [0.717, 1.165) is 12.2 Å². The minimum atomic E-state index is -0.324. The van der Waals surface area contributed by atoms with E-state index >= 15 is 0 Å². The third-order valence-electron chi connectivity index (χ3n) is 2.20. The van der Waals surface area contributed by atoms with E-state index in [4.69, 9.17) is 5.73 Å². The molecule has 0 saturated heterocycles. The van der Waals surface area contributed by atoms with Gasteiger partial charge in [0, 0.05) is 25.2 Å². The molecule has 1 rings (SSSR count). The van der Waals surface area contributed by atoms with Gasteiger partial charge in [-0.1, -0.05) is 0 Å². The van der Waals surface area contributed by atoms with Gasteiger partial charge in [0.1, 0.15) is 5.82 Å². The average Bonchev–Trinajstić information content (AvgIpc) is 2.21. The Bertz CT molecular complexity index is 324. The van der Waals surface area contributed by atoms with Gasteiger partial charge in [-0.25, -0.2) is 4.39 Å². The zero-order valence-corrected chi connectivity index (χ0v) is 8.74. The SMILES string of the molecule is CCN(CCC(N)=O)c1ccc(F)cc1. The fourth-order valence-corrected chi connectivity index (χ4v) is 1.37. The van der Waals surface area contributed by atoms with Crippen LogP contribution in [0.1, 0.15) is 13.3 Å². The minimum Gasteiger partial charge on any atom is -0.371 e. The molecule has 0 spiro atoms. The Morgan fingerprint density at radius 2 is 2.00 bits per heavy atom. The lowest BCUT2D eigenvalue weighted by molar-refractivity contribution is -0.117. The Balaban J connectivity index is 2.65. The highest BCUT2D eigenvalue weighted by Crippen LogP contribution is 2.14. The molecule has 0 fully saturated rings. The fourth-order valence-electron chi connectivity index (χ4n) is 1.37. The topological polar surface area (TPSA) is 46.3 Å². The summed E-state index contributed by atoms with van der Waals surface area (Å²) in [6, 6.07) is 6.20. The van der Waals surface area contributed by atoms with E-state index in [1.165, 1.54) is 12.1 Å². The Morgan fingerprint density at radius 3 is 2.47 bits per heavy atom. The summed E-state index contributed by atoms with van der Waals surface area (Å²) in [4.78, 5) is 12.6. The molecule has 82 valence electrons. The third-order valence-corrected chi connectivity index (χ3v) is 2.20. The molecule has 1 aromatic rings. The number of benzene rings is 1. The van der Waals surface area contributed by atoms with Crippen LogP contribution in [0.2, 0.25) is 0 Å². The highest BCUT2D eigenvalue weighted by atomic mass is 19.1. The zero-order valence-electron chi connectivity index (χ0n) is 8.74. The smallest absolute Gasteiger partial charge is 0.219 e. The maximum atomic E-state index is 12.7. The second-order valence-corrected chi connectivity index (χ2v) is 3.27. The second-order valence-electron chi connectivity index (χ2n) is 3.27. The van der Waals surface area contributed by atoms with E-state index in [0.29, 0.717) is 13.0 Å². The first-order chi connectivity index (χ1) is 7.13. The van der Waals surface area contributed by atoms with Gasteiger partial charge >= 0.3 is 0 Å². The van der Waals surface area contributed by atoms with Crippen molar-refractivity contribution < 1.29 is 9.18 Å². The number of hydrogen-bond donors (Lipinski definition) is 1. The molecule has 0 heterocycles. The van der Waals surface area contributed by atoms with E-state index in [-0.39, 0.29) is 11.7 Å². The number of nitrogens with zero attached hydrogens (tertiary/aromatic N) is 1. The maximum absolute atomic E-state index is 12.7. The zero-order chi connectivity index (χ0) is 11.3. The molecule has 0 aliphatic heterocycles. The normalized spacial score (nSPS) is 10.0. The number of halogens is 1. The number of hydrogen-bond acceptors (Lipinski definition) is 2. The van der Waals surface area contributed by atoms with Crippen molar-refractivity contribution in [3.63, 3.8) is 0 Å². The van der Waals surface area contributed by atoms with Gasteiger partial charge in [-0.05, 0) is 31.2 Å². The Kier molecular flexibility index (Phi) is 4.09. The summed E-state index contributed by atoms with van der Waals surface area (Å²) >= 11 is 0. The van der Waals surface area contributed by atoms with Gasteiger partial charge in [-0.3, -0.25) is 4.79 Å². The molecule has 0 bridgehead atoms. The molecule has 2 N–H and O–H groups in total. The summed E-state index contributed by atoms with van der Waals surface area (Å²) in [6.45, 7) is 3.31. The van der Waals surface area contributed by atoms with Crippen LogP contribution in [0.25, 0.3) is 0 Å². The van der Waals surface area contributed by atoms with Gasteiger partial charge in [0.15, 0.2) is 0 Å². The van der Waals surface area contributed by atoms with Crippen molar-refractivity contribution in [1.29, 1.82) is 0 Å². The molecular weight excluding hydrogens is 195 g/mol. The molecule has 0 aromatic heterocycles. The van der Waals surface area contributed by atoms with Crippen molar-refractivity contribution in [2.45, 2.75) is 13.3 Å². The molecule has 0 aliphatic carbocycles. The predicted molar refractivity (Wildman–Crippen MR) is 58.1 cm³/mol. The van der Waals surface area contributed by atoms with Crippen LogP contribution in [0.4, 0.5) is 10.1 Å². The van der Waals surface area contributed by atoms with Crippen LogP contribution in [-0.4, -0.2) is 19.0 Å². The van der Waals surface area contributed by atoms with E-state index < -0.39 is 0 Å². The van der Waals surface area contributed by atoms with Gasteiger partial charge < -0.3 is 10.6 Å². The first-order valence-electron chi connectivity index (χ1n) is 4.92. The summed E-state index contributed by atoms with van der Waals surface area (Å²) in [5, 5.41) is 0. The molecule has 15 heavy (non-hydrogen) atoms. The average molecular weight is 210 g/mol. The molecule has 1 aromatic carbocycles. The molecule has 1 amide bonds. The molecule has 0 radical (unpaired) electrons. The van der Waals surface area contributed by atoms with Gasteiger partial charge in [0.05, 0.1) is 0 Å². The molecule has 0 saturated carbocycles. The van der Waals surface area contributed by atoms with Gasteiger partial charge in [0.25, 0.3) is 0 Å². The molecular formula is C11H15FN2O. The Morgan fingerprint density at radius 1 is 1.40 bits per heavy atom. The van der Waals surface area contributed by atoms with Crippen molar-refractivity contribution in [3.8, 4) is 0 Å². The van der Waals surface area contributed by atoms with E-state index in [9.17, 15) is 9.18 Å². The Hall–Kier alpha value is -1.58. The fraction of sp³-hybridized carbons (Fsp3) is 0.364. The van der Waals surface area contributed by atoms with Crippen LogP contribution in [0.3, 0.4) is 0 Å². The summed E-state index contributed by atoms with van der Waals surface area (Å²) in [5.74, 6) is -0.583. The van der Waals surface area contributed by atoms with E-state index in [1.54, 1.807) is 12.1 Å². The van der Waals surface area contributed by atoms with Crippen LogP contribution in [0.15, 0.2) is 24.3 Å². The van der Waals surface area contributed by atoms with E-state index in [1.807, 2.05) is 11.8 Å². The van der Waals surface area contributed by atoms with Crippen molar-refractivity contribution in [2.24, 2.45) is 5.73 Å². The standard InChI is InChI=1S/C11H15FN2O/c1-2-14(8-7-11(13)15)10-5-3-9(12)4-6-10/h3-6H,2,7-8H2,1H3,(H2,13,15). The number of anilines is 1. The molecule has 3 nitrogen and oxygen atoms in total. The largest absolute Gasteiger partial charge is 0.371 e. The van der Waals surface area contributed by atoms with Gasteiger partial charge in [-0.15, -0.1) is 0 Å². The summed E-state index contributed by atoms with van der Waals surface area (Å²) in [5.41, 5.74) is 5.97. The summed E-state index contributed by atoms with van der Waals surface area (Å²) in [6.07, 6.45) is 0.311. The molecule has 4 heteroatoms.